The van der Waals surface area contributed by atoms with Crippen molar-refractivity contribution in [1.82, 2.24) is 4.90 Å². The second-order valence-corrected chi connectivity index (χ2v) is 23.7. The Kier molecular flexibility index (Phi) is 16.4. The van der Waals surface area contributed by atoms with Crippen LogP contribution in [0.1, 0.15) is 138 Å². The van der Waals surface area contributed by atoms with Gasteiger partial charge in [0, 0.05) is 65.2 Å². The van der Waals surface area contributed by atoms with E-state index in [1.54, 1.807) is 32.7 Å². The molecule has 0 fully saturated rings. The van der Waals surface area contributed by atoms with Crippen LogP contribution >= 0.6 is 12.0 Å². The molecule has 0 unspecified atom stereocenters. The van der Waals surface area contributed by atoms with Crippen molar-refractivity contribution in [3.63, 3.8) is 0 Å². The number of sulfonamides is 3. The van der Waals surface area contributed by atoms with Crippen molar-refractivity contribution in [2.45, 2.75) is 149 Å². The fourth-order valence-electron chi connectivity index (χ4n) is 10.0. The van der Waals surface area contributed by atoms with Gasteiger partial charge in [0.2, 0.25) is 5.69 Å². The lowest BCUT2D eigenvalue weighted by Gasteiger charge is -2.67. The topological polar surface area (TPSA) is 140 Å². The zero-order valence-corrected chi connectivity index (χ0v) is 43.0. The Labute approximate surface area is 393 Å². The Bertz CT molecular complexity index is 2300. The second kappa shape index (κ2) is 20.3. The third-order valence-electron chi connectivity index (χ3n) is 13.8. The number of nitrogens with zero attached hydrogens (tertiary/aromatic N) is 4. The van der Waals surface area contributed by atoms with Gasteiger partial charge in [0.1, 0.15) is 12.1 Å². The molecule has 0 atom stereocenters. The molecule has 2 aromatic rings. The summed E-state index contributed by atoms with van der Waals surface area (Å²) in [5.41, 5.74) is 9.27. The number of amides is 1. The van der Waals surface area contributed by atoms with Gasteiger partial charge in [-0.2, -0.15) is 8.91 Å². The van der Waals surface area contributed by atoms with Crippen molar-refractivity contribution in [3.8, 4) is 0 Å². The first-order valence-electron chi connectivity index (χ1n) is 23.5. The Morgan fingerprint density at radius 3 is 2.25 bits per heavy atom. The normalized spacial score (nSPS) is 19.1. The fraction of sp³-hybridized carbons (Fsp3) is 0.569. The van der Waals surface area contributed by atoms with Crippen molar-refractivity contribution >= 4 is 45.0 Å². The molecule has 2 heterocycles. The molecule has 12 nitrogen and oxygen atoms in total. The number of unbranched alkanes of at least 4 members (excludes halogenated alkanes) is 3. The molecular formula is C51H75N4O8S2-. The average Bonchev–Trinajstić information content (AvgIpc) is 3.80. The lowest BCUT2D eigenvalue weighted by Crippen LogP contribution is -2.67. The maximum atomic E-state index is 13.9. The molecule has 5 rings (SSSR count). The number of anilines is 1. The molecule has 2 aromatic carbocycles. The first-order valence-corrected chi connectivity index (χ1v) is 26.2. The van der Waals surface area contributed by atoms with Crippen molar-refractivity contribution in [3.05, 3.63) is 99.9 Å². The number of likely N-dealkylation sites (N-methyl/N-ethyl adjacent to an activating group) is 1. The summed E-state index contributed by atoms with van der Waals surface area (Å²) in [6.07, 6.45) is 13.7. The molecule has 65 heavy (non-hydrogen) atoms. The summed E-state index contributed by atoms with van der Waals surface area (Å²) in [5, 5.41) is 14.4. The number of benzene rings is 2. The number of hydrogen-bond donors (Lipinski definition) is 0. The van der Waals surface area contributed by atoms with E-state index in [-0.39, 0.29) is 31.5 Å². The number of hydrogen-bond acceptors (Lipinski definition) is 10. The number of fused-ring (bicyclic) bond motifs is 2. The standard InChI is InChI=1S/C51H76N4O8S2/c1-14-18-19-32-53-43-28-22-37(5)35-41(43)50(9,10)45(53)30-25-38-23-24-39(47(38)52(13)48(56)61-49(6,7)8)26-31-46-51(11,12)42-36-40(64-63-62-57)27-29-44(42)54(46)33-20-21-34-65(58,59,60)55(15-2,16-3)17-4/h22,25-31,35-36H,14-21,23-24,32-34H2,1-13H3,(H-2,57,58,59,60)/p-1. The molecule has 360 valence electrons. The smallest absolute Gasteiger partial charge is 0.414 e. The molecule has 1 amide bonds. The first-order chi connectivity index (χ1) is 30.4. The van der Waals surface area contributed by atoms with Gasteiger partial charge in [-0.15, -0.1) is 0 Å². The van der Waals surface area contributed by atoms with Gasteiger partial charge in [0.25, 0.3) is 0 Å². The summed E-state index contributed by atoms with van der Waals surface area (Å²) < 4.78 is 53.4. The molecule has 0 aromatic heterocycles. The summed E-state index contributed by atoms with van der Waals surface area (Å²) in [6.45, 7) is 26.2. The number of quaternary nitrogens is 1. The summed E-state index contributed by atoms with van der Waals surface area (Å²) in [7, 11) is -3.72. The van der Waals surface area contributed by atoms with Crippen LogP contribution in [0.2, 0.25) is 0 Å². The van der Waals surface area contributed by atoms with Gasteiger partial charge in [-0.25, -0.2) is 4.79 Å². The lowest BCUT2D eigenvalue weighted by molar-refractivity contribution is -0.815. The van der Waals surface area contributed by atoms with E-state index in [0.29, 0.717) is 24.3 Å². The highest BCUT2D eigenvalue weighted by molar-refractivity contribution is 8.04. The number of allylic oxidation sites excluding steroid dienone is 7. The fourth-order valence-corrected chi connectivity index (χ4v) is 13.0. The van der Waals surface area contributed by atoms with Crippen LogP contribution in [-0.2, 0) is 34.8 Å². The third-order valence-corrected chi connectivity index (χ3v) is 17.6. The van der Waals surface area contributed by atoms with Gasteiger partial charge >= 0.3 is 6.09 Å². The first kappa shape index (κ1) is 52.4. The van der Waals surface area contributed by atoms with Gasteiger partial charge in [0.05, 0.1) is 42.8 Å². The van der Waals surface area contributed by atoms with Crippen LogP contribution < -0.4 is 10.2 Å². The summed E-state index contributed by atoms with van der Waals surface area (Å²) in [4.78, 5) is 18.7. The minimum absolute atomic E-state index is 0.210. The van der Waals surface area contributed by atoms with E-state index in [1.807, 2.05) is 39.0 Å². The zero-order valence-electron chi connectivity index (χ0n) is 41.3. The van der Waals surface area contributed by atoms with Crippen molar-refractivity contribution in [2.24, 2.45) is 0 Å². The minimum atomic E-state index is -5.50. The molecule has 2 aliphatic heterocycles. The van der Waals surface area contributed by atoms with Crippen molar-refractivity contribution < 1.29 is 45.9 Å². The maximum absolute atomic E-state index is 13.9. The summed E-state index contributed by atoms with van der Waals surface area (Å²) in [6, 6.07) is 12.5. The predicted octanol–water partition coefficient (Wildman–Crippen LogP) is 10.5. The Hall–Kier alpha value is -3.60. The molecule has 0 saturated carbocycles. The molecule has 0 radical (unpaired) electrons. The molecule has 0 N–H and O–H groups in total. The molecule has 0 saturated heterocycles. The van der Waals surface area contributed by atoms with E-state index in [9.17, 15) is 23.4 Å². The van der Waals surface area contributed by atoms with Gasteiger partial charge in [-0.05, 0) is 129 Å². The monoisotopic (exact) mass is 936 g/mol. The zero-order chi connectivity index (χ0) is 48.2. The highest BCUT2D eigenvalue weighted by Gasteiger charge is 2.45. The van der Waals surface area contributed by atoms with E-state index in [1.165, 1.54) is 22.5 Å². The number of carbonyl (C=O) groups is 1. The molecule has 1 aliphatic carbocycles. The van der Waals surface area contributed by atoms with Crippen LogP contribution in [-0.4, -0.2) is 89.6 Å². The summed E-state index contributed by atoms with van der Waals surface area (Å²) in [5.74, 6) is -0.442. The van der Waals surface area contributed by atoms with E-state index in [4.69, 9.17) is 4.74 Å². The van der Waals surface area contributed by atoms with Crippen LogP contribution in [0, 0.1) is 6.92 Å². The van der Waals surface area contributed by atoms with E-state index in [2.05, 4.69) is 103 Å². The van der Waals surface area contributed by atoms with Gasteiger partial charge in [-0.3, -0.25) is 18.0 Å². The van der Waals surface area contributed by atoms with Gasteiger partial charge in [-0.1, -0.05) is 73.3 Å². The van der Waals surface area contributed by atoms with Gasteiger partial charge < -0.3 is 24.0 Å². The van der Waals surface area contributed by atoms with Crippen molar-refractivity contribution in [1.29, 1.82) is 0 Å². The van der Waals surface area contributed by atoms with Gasteiger partial charge in [0.15, 0.2) is 5.71 Å². The highest BCUT2D eigenvalue weighted by Crippen LogP contribution is 2.49. The number of rotatable bonds is 20. The van der Waals surface area contributed by atoms with Crippen molar-refractivity contribution in [2.75, 3.05) is 50.4 Å². The molecule has 14 heteroatoms. The third kappa shape index (κ3) is 10.9. The van der Waals surface area contributed by atoms with Crippen LogP contribution in [0.25, 0.3) is 0 Å². The van der Waals surface area contributed by atoms with Crippen LogP contribution in [0.4, 0.5) is 16.2 Å². The number of carbonyl (C=O) groups excluding carboxylic acids is 1. The van der Waals surface area contributed by atoms with E-state index < -0.39 is 36.6 Å². The van der Waals surface area contributed by atoms with Crippen LogP contribution in [0.5, 0.6) is 0 Å². The summed E-state index contributed by atoms with van der Waals surface area (Å²) >= 11 is 0.828. The minimum Gasteiger partial charge on any atom is -0.759 e. The maximum Gasteiger partial charge on any atom is 0.414 e. The van der Waals surface area contributed by atoms with E-state index in [0.717, 1.165) is 78.1 Å². The Balaban J connectivity index is 1.60. The average molecular weight is 936 g/mol. The second-order valence-electron chi connectivity index (χ2n) is 19.9. The molecule has 0 bridgehead atoms. The number of ether oxygens (including phenoxy) is 1. The Morgan fingerprint density at radius 2 is 1.62 bits per heavy atom. The highest BCUT2D eigenvalue weighted by atomic mass is 32.3. The number of aryl methyl sites for hydroxylation is 1. The molecule has 3 aliphatic rings. The molecule has 0 spiro atoms. The lowest BCUT2D eigenvalue weighted by atomic mass is 9.81. The predicted molar refractivity (Wildman–Crippen MR) is 260 cm³/mol. The van der Waals surface area contributed by atoms with Crippen LogP contribution in [0.15, 0.2) is 88.1 Å². The van der Waals surface area contributed by atoms with E-state index >= 15 is 0 Å². The Morgan fingerprint density at radius 1 is 0.923 bits per heavy atom. The molecular weight excluding hydrogens is 861 g/mol. The SMILES string of the molecule is CCCCCN1/C(=C/C=C2CCC(/C=C/C3=[N+](CCCCS(=O)([O-])([O-])[N+](CC)(CC)CC)c4ccc(SOO[O-])cc4C3(C)C)=C2N(C)C(=O)OC(C)(C)C)C(C)(C)c2cc(C)ccc21. The largest absolute Gasteiger partial charge is 0.759 e. The quantitative estimate of drug-likeness (QED) is 0.0315. The van der Waals surface area contributed by atoms with Crippen LogP contribution in [0.3, 0.4) is 0 Å².